The third-order valence-electron chi connectivity index (χ3n) is 4.55. The number of hydrogen-bond acceptors (Lipinski definition) is 1. The van der Waals surface area contributed by atoms with Crippen molar-refractivity contribution in [1.29, 1.82) is 0 Å². The second kappa shape index (κ2) is 3.36. The maximum absolute atomic E-state index is 3.70. The summed E-state index contributed by atoms with van der Waals surface area (Å²) in [7, 11) is 2.16. The summed E-state index contributed by atoms with van der Waals surface area (Å²) in [6.45, 7) is 1.19. The molecule has 1 N–H and O–H groups in total. The topological polar surface area (TPSA) is 17.0 Å². The molecule has 2 nitrogen and oxygen atoms in total. The van der Waals surface area contributed by atoms with Crippen molar-refractivity contribution in [1.82, 2.24) is 9.88 Å². The van der Waals surface area contributed by atoms with E-state index in [2.05, 4.69) is 41.3 Å². The normalized spacial score (nSPS) is 27.1. The van der Waals surface area contributed by atoms with E-state index in [1.165, 1.54) is 36.9 Å². The lowest BCUT2D eigenvalue weighted by molar-refractivity contribution is 0.345. The number of benzene rings is 1. The Morgan fingerprint density at radius 1 is 1.35 bits per heavy atom. The van der Waals surface area contributed by atoms with Gasteiger partial charge in [-0.05, 0) is 43.0 Å². The largest absolute Gasteiger partial charge is 0.350 e. The lowest BCUT2D eigenvalue weighted by Crippen LogP contribution is -2.43. The van der Waals surface area contributed by atoms with Gasteiger partial charge in [0.05, 0.1) is 0 Å². The quantitative estimate of drug-likeness (QED) is 0.730. The summed E-state index contributed by atoms with van der Waals surface area (Å²) in [6, 6.07) is 7.48. The van der Waals surface area contributed by atoms with Gasteiger partial charge in [-0.1, -0.05) is 12.1 Å². The fourth-order valence-electron chi connectivity index (χ4n) is 3.81. The van der Waals surface area contributed by atoms with Gasteiger partial charge in [0.25, 0.3) is 0 Å². The molecule has 2 heteroatoms. The molecule has 1 fully saturated rings. The van der Waals surface area contributed by atoms with Crippen molar-refractivity contribution in [3.63, 3.8) is 0 Å². The van der Waals surface area contributed by atoms with Crippen molar-refractivity contribution in [2.24, 2.45) is 7.05 Å². The third-order valence-corrected chi connectivity index (χ3v) is 4.55. The van der Waals surface area contributed by atoms with Gasteiger partial charge in [-0.15, -0.1) is 0 Å². The highest BCUT2D eigenvalue weighted by molar-refractivity contribution is 5.89. The van der Waals surface area contributed by atoms with Crippen LogP contribution in [0.3, 0.4) is 0 Å². The minimum Gasteiger partial charge on any atom is -0.350 e. The lowest BCUT2D eigenvalue weighted by Gasteiger charge is -2.36. The zero-order valence-corrected chi connectivity index (χ0v) is 10.2. The molecule has 88 valence electrons. The molecule has 2 heterocycles. The minimum absolute atomic E-state index is 0.671. The van der Waals surface area contributed by atoms with Crippen LogP contribution in [0, 0.1) is 0 Å². The Labute approximate surface area is 102 Å². The van der Waals surface area contributed by atoms with Gasteiger partial charge in [-0.25, -0.2) is 0 Å². The summed E-state index contributed by atoms with van der Waals surface area (Å²) in [6.07, 6.45) is 6.20. The average molecular weight is 226 g/mol. The van der Waals surface area contributed by atoms with E-state index in [0.29, 0.717) is 6.04 Å². The van der Waals surface area contributed by atoms with Gasteiger partial charge in [-0.2, -0.15) is 0 Å². The lowest BCUT2D eigenvalue weighted by atomic mass is 9.76. The summed E-state index contributed by atoms with van der Waals surface area (Å²) >= 11 is 0. The van der Waals surface area contributed by atoms with Gasteiger partial charge in [0.1, 0.15) is 0 Å². The van der Waals surface area contributed by atoms with E-state index in [-0.39, 0.29) is 0 Å². The summed E-state index contributed by atoms with van der Waals surface area (Å²) < 4.78 is 2.28. The SMILES string of the molecule is Cn1cc2c3c(cccc31)[C@H]1CCCN[C@@H]1C2. The Morgan fingerprint density at radius 2 is 2.29 bits per heavy atom. The second-order valence-electron chi connectivity index (χ2n) is 5.52. The van der Waals surface area contributed by atoms with E-state index in [1.807, 2.05) is 0 Å². The van der Waals surface area contributed by atoms with Crippen LogP contribution in [-0.4, -0.2) is 17.2 Å². The maximum Gasteiger partial charge on any atom is 0.0483 e. The second-order valence-corrected chi connectivity index (χ2v) is 5.52. The van der Waals surface area contributed by atoms with E-state index in [0.717, 1.165) is 5.92 Å². The number of nitrogens with one attached hydrogen (secondary N) is 1. The molecule has 4 rings (SSSR count). The van der Waals surface area contributed by atoms with Crippen molar-refractivity contribution in [2.75, 3.05) is 6.54 Å². The van der Waals surface area contributed by atoms with Gasteiger partial charge >= 0.3 is 0 Å². The summed E-state index contributed by atoms with van der Waals surface area (Å²) in [5.41, 5.74) is 4.52. The fraction of sp³-hybridized carbons (Fsp3) is 0.467. The Balaban J connectivity index is 2.00. The standard InChI is InChI=1S/C15H18N2/c1-17-9-10-8-13-11(5-3-7-16-13)12-4-2-6-14(17)15(10)12/h2,4,6,9,11,13,16H,3,5,7-8H2,1H3/t11-,13-/m1/s1. The van der Waals surface area contributed by atoms with Crippen LogP contribution in [0.2, 0.25) is 0 Å². The molecule has 2 aromatic rings. The van der Waals surface area contributed by atoms with Crippen LogP contribution >= 0.6 is 0 Å². The van der Waals surface area contributed by atoms with Gasteiger partial charge in [-0.3, -0.25) is 0 Å². The summed E-state index contributed by atoms with van der Waals surface area (Å²) in [4.78, 5) is 0. The van der Waals surface area contributed by atoms with Crippen molar-refractivity contribution in [2.45, 2.75) is 31.2 Å². The zero-order valence-electron chi connectivity index (χ0n) is 10.2. The monoisotopic (exact) mass is 226 g/mol. The van der Waals surface area contributed by atoms with Crippen LogP contribution in [0.15, 0.2) is 24.4 Å². The maximum atomic E-state index is 3.70. The first-order chi connectivity index (χ1) is 8.34. The minimum atomic E-state index is 0.671. The Morgan fingerprint density at radius 3 is 3.24 bits per heavy atom. The molecule has 1 aromatic heterocycles. The first-order valence-corrected chi connectivity index (χ1v) is 6.65. The van der Waals surface area contributed by atoms with Gasteiger partial charge in [0.2, 0.25) is 0 Å². The molecular weight excluding hydrogens is 208 g/mol. The molecule has 2 atom stereocenters. The van der Waals surface area contributed by atoms with E-state index >= 15 is 0 Å². The molecule has 0 amide bonds. The highest BCUT2D eigenvalue weighted by Gasteiger charge is 2.32. The fourth-order valence-corrected chi connectivity index (χ4v) is 3.81. The Bertz CT molecular complexity index is 582. The predicted octanol–water partition coefficient (Wildman–Crippen LogP) is 2.57. The van der Waals surface area contributed by atoms with Crippen molar-refractivity contribution >= 4 is 10.9 Å². The highest BCUT2D eigenvalue weighted by Crippen LogP contribution is 2.40. The van der Waals surface area contributed by atoms with Crippen molar-refractivity contribution in [3.8, 4) is 0 Å². The molecule has 0 spiro atoms. The van der Waals surface area contributed by atoms with Gasteiger partial charge in [0.15, 0.2) is 0 Å². The molecule has 1 saturated heterocycles. The molecular formula is C15H18N2. The third kappa shape index (κ3) is 1.25. The van der Waals surface area contributed by atoms with Crippen molar-refractivity contribution in [3.05, 3.63) is 35.5 Å². The number of hydrogen-bond donors (Lipinski definition) is 1. The zero-order chi connectivity index (χ0) is 11.4. The molecule has 0 unspecified atom stereocenters. The Kier molecular flexibility index (Phi) is 1.92. The molecule has 17 heavy (non-hydrogen) atoms. The van der Waals surface area contributed by atoms with Crippen LogP contribution in [0.5, 0.6) is 0 Å². The van der Waals surface area contributed by atoms with E-state index in [1.54, 1.807) is 10.9 Å². The van der Waals surface area contributed by atoms with Crippen LogP contribution in [0.4, 0.5) is 0 Å². The first-order valence-electron chi connectivity index (χ1n) is 6.65. The van der Waals surface area contributed by atoms with Crippen LogP contribution in [-0.2, 0) is 13.5 Å². The van der Waals surface area contributed by atoms with E-state index in [4.69, 9.17) is 0 Å². The summed E-state index contributed by atoms with van der Waals surface area (Å²) in [5, 5.41) is 5.25. The smallest absolute Gasteiger partial charge is 0.0483 e. The van der Waals surface area contributed by atoms with Gasteiger partial charge in [0, 0.05) is 36.1 Å². The highest BCUT2D eigenvalue weighted by atomic mass is 15.0. The molecule has 0 radical (unpaired) electrons. The first kappa shape index (κ1) is 9.72. The summed E-state index contributed by atoms with van der Waals surface area (Å²) in [5.74, 6) is 0.738. The number of nitrogens with zero attached hydrogens (tertiary/aromatic N) is 1. The van der Waals surface area contributed by atoms with Crippen LogP contribution < -0.4 is 5.32 Å². The molecule has 1 aromatic carbocycles. The molecule has 0 saturated carbocycles. The number of fused-ring (bicyclic) bond motifs is 2. The molecule has 1 aliphatic carbocycles. The average Bonchev–Trinajstić information content (AvgIpc) is 2.68. The number of aromatic nitrogens is 1. The molecule has 0 bridgehead atoms. The van der Waals surface area contributed by atoms with Gasteiger partial charge < -0.3 is 9.88 Å². The van der Waals surface area contributed by atoms with E-state index < -0.39 is 0 Å². The Hall–Kier alpha value is -1.28. The molecule has 1 aliphatic heterocycles. The van der Waals surface area contributed by atoms with Crippen LogP contribution in [0.1, 0.15) is 29.9 Å². The van der Waals surface area contributed by atoms with E-state index in [9.17, 15) is 0 Å². The van der Waals surface area contributed by atoms with Crippen molar-refractivity contribution < 1.29 is 0 Å². The molecule has 2 aliphatic rings. The number of piperidine rings is 1. The van der Waals surface area contributed by atoms with Crippen LogP contribution in [0.25, 0.3) is 10.9 Å². The predicted molar refractivity (Wildman–Crippen MR) is 70.4 cm³/mol. The number of rotatable bonds is 0. The number of aryl methyl sites for hydroxylation is 1.